The number of hydrogen-bond donors (Lipinski definition) is 2. The molecule has 19 heavy (non-hydrogen) atoms. The van der Waals surface area contributed by atoms with Crippen LogP contribution in [0.1, 0.15) is 13.3 Å². The third kappa shape index (κ3) is 3.96. The van der Waals surface area contributed by atoms with Crippen LogP contribution in [0.4, 0.5) is 17.6 Å². The van der Waals surface area contributed by atoms with Crippen molar-refractivity contribution in [1.82, 2.24) is 15.0 Å². The van der Waals surface area contributed by atoms with Crippen molar-refractivity contribution < 1.29 is 4.74 Å². The predicted molar refractivity (Wildman–Crippen MR) is 74.8 cm³/mol. The number of halogens is 1. The summed E-state index contributed by atoms with van der Waals surface area (Å²) < 4.78 is 5.49. The standard InChI is InChI=1S/C12H14ClN5O/c1-2-7-19-9-5-3-8(4-6-9)15-12-17-10(13)16-11(14)18-12/h3-6H,2,7H2,1H3,(H3,14,15,16,17,18). The van der Waals surface area contributed by atoms with Crippen LogP contribution in [0.25, 0.3) is 0 Å². The molecule has 0 unspecified atom stereocenters. The van der Waals surface area contributed by atoms with E-state index in [4.69, 9.17) is 22.1 Å². The molecule has 0 aliphatic heterocycles. The summed E-state index contributed by atoms with van der Waals surface area (Å²) in [4.78, 5) is 11.5. The first-order valence-electron chi connectivity index (χ1n) is 5.84. The van der Waals surface area contributed by atoms with Gasteiger partial charge in [0.2, 0.25) is 17.2 Å². The Balaban J connectivity index is 2.06. The van der Waals surface area contributed by atoms with E-state index in [9.17, 15) is 0 Å². The molecule has 3 N–H and O–H groups in total. The lowest BCUT2D eigenvalue weighted by atomic mass is 10.3. The van der Waals surface area contributed by atoms with Gasteiger partial charge in [-0.3, -0.25) is 0 Å². The number of rotatable bonds is 5. The molecular weight excluding hydrogens is 266 g/mol. The van der Waals surface area contributed by atoms with Gasteiger partial charge in [0.05, 0.1) is 6.61 Å². The second-order valence-corrected chi connectivity index (χ2v) is 4.12. The lowest BCUT2D eigenvalue weighted by Crippen LogP contribution is -2.03. The fourth-order valence-corrected chi connectivity index (χ4v) is 1.57. The fourth-order valence-electron chi connectivity index (χ4n) is 1.40. The van der Waals surface area contributed by atoms with Crippen molar-refractivity contribution in [2.24, 2.45) is 0 Å². The lowest BCUT2D eigenvalue weighted by Gasteiger charge is -2.07. The van der Waals surface area contributed by atoms with Gasteiger partial charge in [-0.25, -0.2) is 0 Å². The Morgan fingerprint density at radius 3 is 2.58 bits per heavy atom. The average Bonchev–Trinajstić information content (AvgIpc) is 2.37. The third-order valence-electron chi connectivity index (χ3n) is 2.21. The zero-order valence-corrected chi connectivity index (χ0v) is 11.2. The van der Waals surface area contributed by atoms with E-state index in [0.717, 1.165) is 17.9 Å². The van der Waals surface area contributed by atoms with E-state index in [2.05, 4.69) is 27.2 Å². The number of benzene rings is 1. The van der Waals surface area contributed by atoms with Crippen LogP contribution in [-0.2, 0) is 0 Å². The van der Waals surface area contributed by atoms with Gasteiger partial charge in [0.1, 0.15) is 5.75 Å². The predicted octanol–water partition coefficient (Wildman–Crippen LogP) is 2.64. The molecule has 2 aromatic rings. The van der Waals surface area contributed by atoms with Gasteiger partial charge < -0.3 is 15.8 Å². The van der Waals surface area contributed by atoms with E-state index >= 15 is 0 Å². The van der Waals surface area contributed by atoms with Crippen molar-refractivity contribution in [3.05, 3.63) is 29.5 Å². The number of nitrogens with zero attached hydrogens (tertiary/aromatic N) is 3. The SMILES string of the molecule is CCCOc1ccc(Nc2nc(N)nc(Cl)n2)cc1. The summed E-state index contributed by atoms with van der Waals surface area (Å²) in [5.41, 5.74) is 6.30. The lowest BCUT2D eigenvalue weighted by molar-refractivity contribution is 0.317. The van der Waals surface area contributed by atoms with Crippen molar-refractivity contribution >= 4 is 29.2 Å². The number of nitrogens with two attached hydrogens (primary N) is 1. The second kappa shape index (κ2) is 6.19. The molecule has 0 saturated carbocycles. The Morgan fingerprint density at radius 2 is 1.95 bits per heavy atom. The Hall–Kier alpha value is -2.08. The van der Waals surface area contributed by atoms with Crippen molar-refractivity contribution in [2.45, 2.75) is 13.3 Å². The highest BCUT2D eigenvalue weighted by atomic mass is 35.5. The van der Waals surface area contributed by atoms with Crippen LogP contribution < -0.4 is 15.8 Å². The molecule has 0 amide bonds. The molecule has 7 heteroatoms. The zero-order chi connectivity index (χ0) is 13.7. The van der Waals surface area contributed by atoms with Gasteiger partial charge in [-0.15, -0.1) is 0 Å². The first-order chi connectivity index (χ1) is 9.17. The molecule has 0 atom stereocenters. The maximum Gasteiger partial charge on any atom is 0.233 e. The maximum absolute atomic E-state index is 5.70. The van der Waals surface area contributed by atoms with E-state index < -0.39 is 0 Å². The molecule has 0 aliphatic rings. The smallest absolute Gasteiger partial charge is 0.233 e. The topological polar surface area (TPSA) is 86.0 Å². The first-order valence-corrected chi connectivity index (χ1v) is 6.22. The van der Waals surface area contributed by atoms with Crippen LogP contribution in [0.5, 0.6) is 5.75 Å². The molecule has 0 radical (unpaired) electrons. The summed E-state index contributed by atoms with van der Waals surface area (Å²) in [6, 6.07) is 7.45. The summed E-state index contributed by atoms with van der Waals surface area (Å²) in [7, 11) is 0. The highest BCUT2D eigenvalue weighted by molar-refractivity contribution is 6.28. The molecule has 0 saturated heterocycles. The molecule has 1 heterocycles. The number of nitrogen functional groups attached to an aromatic ring is 1. The summed E-state index contributed by atoms with van der Waals surface area (Å²) >= 11 is 5.70. The van der Waals surface area contributed by atoms with Crippen molar-refractivity contribution in [1.29, 1.82) is 0 Å². The molecule has 100 valence electrons. The average molecular weight is 280 g/mol. The molecule has 1 aromatic heterocycles. The Kier molecular flexibility index (Phi) is 4.35. The van der Waals surface area contributed by atoms with Crippen LogP contribution >= 0.6 is 11.6 Å². The summed E-state index contributed by atoms with van der Waals surface area (Å²) in [5, 5.41) is 3.04. The number of aromatic nitrogens is 3. The fraction of sp³-hybridized carbons (Fsp3) is 0.250. The first kappa shape index (κ1) is 13.4. The molecular formula is C12H14ClN5O. The van der Waals surface area contributed by atoms with E-state index in [1.807, 2.05) is 24.3 Å². The molecule has 0 aliphatic carbocycles. The van der Waals surface area contributed by atoms with E-state index in [-0.39, 0.29) is 11.2 Å². The Bertz CT molecular complexity index is 526. The largest absolute Gasteiger partial charge is 0.494 e. The van der Waals surface area contributed by atoms with Crippen molar-refractivity contribution in [3.8, 4) is 5.75 Å². The summed E-state index contributed by atoms with van der Waals surface area (Å²) in [6.07, 6.45) is 0.975. The van der Waals surface area contributed by atoms with Gasteiger partial charge in [0.15, 0.2) is 0 Å². The Morgan fingerprint density at radius 1 is 1.21 bits per heavy atom. The minimum absolute atomic E-state index is 0.0536. The molecule has 2 rings (SSSR count). The molecule has 0 spiro atoms. The van der Waals surface area contributed by atoms with E-state index in [0.29, 0.717) is 12.6 Å². The molecule has 1 aromatic carbocycles. The highest BCUT2D eigenvalue weighted by Crippen LogP contribution is 2.19. The van der Waals surface area contributed by atoms with Gasteiger partial charge in [-0.2, -0.15) is 15.0 Å². The minimum Gasteiger partial charge on any atom is -0.494 e. The van der Waals surface area contributed by atoms with E-state index in [1.165, 1.54) is 0 Å². The number of ether oxygens (including phenoxy) is 1. The van der Waals surface area contributed by atoms with Crippen LogP contribution in [0.3, 0.4) is 0 Å². The monoisotopic (exact) mass is 279 g/mol. The second-order valence-electron chi connectivity index (χ2n) is 3.78. The maximum atomic E-state index is 5.70. The minimum atomic E-state index is 0.0536. The molecule has 0 bridgehead atoms. The van der Waals surface area contributed by atoms with Crippen LogP contribution in [0.15, 0.2) is 24.3 Å². The Labute approximate surface area is 116 Å². The van der Waals surface area contributed by atoms with Crippen molar-refractivity contribution in [3.63, 3.8) is 0 Å². The van der Waals surface area contributed by atoms with Gasteiger partial charge >= 0.3 is 0 Å². The zero-order valence-electron chi connectivity index (χ0n) is 10.4. The van der Waals surface area contributed by atoms with Gasteiger partial charge in [-0.1, -0.05) is 6.92 Å². The number of nitrogens with one attached hydrogen (secondary N) is 1. The van der Waals surface area contributed by atoms with Gasteiger partial charge in [-0.05, 0) is 42.3 Å². The third-order valence-corrected chi connectivity index (χ3v) is 2.38. The van der Waals surface area contributed by atoms with E-state index in [1.54, 1.807) is 0 Å². The molecule has 0 fully saturated rings. The van der Waals surface area contributed by atoms with Crippen LogP contribution in [0.2, 0.25) is 5.28 Å². The van der Waals surface area contributed by atoms with Crippen molar-refractivity contribution in [2.75, 3.05) is 17.7 Å². The number of hydrogen-bond acceptors (Lipinski definition) is 6. The summed E-state index contributed by atoms with van der Waals surface area (Å²) in [5.74, 6) is 1.20. The van der Waals surface area contributed by atoms with Gasteiger partial charge in [0, 0.05) is 5.69 Å². The summed E-state index contributed by atoms with van der Waals surface area (Å²) in [6.45, 7) is 2.76. The number of anilines is 3. The van der Waals surface area contributed by atoms with Crippen LogP contribution in [0, 0.1) is 0 Å². The van der Waals surface area contributed by atoms with Crippen LogP contribution in [-0.4, -0.2) is 21.6 Å². The quantitative estimate of drug-likeness (QED) is 0.875. The normalized spacial score (nSPS) is 10.2. The highest BCUT2D eigenvalue weighted by Gasteiger charge is 2.03. The molecule has 6 nitrogen and oxygen atoms in total. The van der Waals surface area contributed by atoms with Gasteiger partial charge in [0.25, 0.3) is 0 Å².